The SMILES string of the molecule is CC(=O)O.CSCC[C@H](NC(=O)[C@H](Cc1c[nH]c2ccccc12)NC(=O)CNC(=O)[C@@H](NC(=O)[C@H](Cc1ccc(OS(=O)(=O)O)cc1)NC(=O)[C@H](CC(=O)O)NC(=O)[C@H](CCC(N)=O)NC(=O)[C@@H]1CCC(=O)N1)[C@@H](C)O)C(=O)N[C@@H](CC(=O)O)C(=O)N[C@@H](Cc1ccccc1)C(N)=O. The quantitative estimate of drug-likeness (QED) is 0.0188. The first kappa shape index (κ1) is 79.7. The summed E-state index contributed by atoms with van der Waals surface area (Å²) in [6, 6.07) is 4.78. The number of hydrogen-bond acceptors (Lipinski definition) is 20. The van der Waals surface area contributed by atoms with Crippen LogP contribution in [0.25, 0.3) is 10.9 Å². The average Bonchev–Trinajstić information content (AvgIpc) is 1.41. The number of hydrogen-bond donors (Lipinski definition) is 18. The zero-order valence-electron chi connectivity index (χ0n) is 52.9. The number of aromatic nitrogens is 1. The summed E-state index contributed by atoms with van der Waals surface area (Å²) in [7, 11) is -5.02. The van der Waals surface area contributed by atoms with Crippen molar-refractivity contribution in [3.8, 4) is 5.75 Å². The number of benzene rings is 3. The van der Waals surface area contributed by atoms with Crippen LogP contribution >= 0.6 is 11.8 Å². The van der Waals surface area contributed by atoms with Crippen LogP contribution < -0.4 is 68.8 Å². The molecule has 2 heterocycles. The lowest BCUT2D eigenvalue weighted by Crippen LogP contribution is -2.61. The predicted molar refractivity (Wildman–Crippen MR) is 344 cm³/mol. The molecule has 5 rings (SSSR count). The van der Waals surface area contributed by atoms with Crippen LogP contribution in [0.5, 0.6) is 5.75 Å². The number of nitrogens with two attached hydrogens (primary N) is 2. The van der Waals surface area contributed by atoms with Gasteiger partial charge >= 0.3 is 22.3 Å². The molecule has 0 saturated carbocycles. The molecule has 0 spiro atoms. The van der Waals surface area contributed by atoms with Gasteiger partial charge in [-0.25, -0.2) is 0 Å². The summed E-state index contributed by atoms with van der Waals surface area (Å²) in [6.45, 7) is 1.16. The number of aliphatic carboxylic acids is 3. The van der Waals surface area contributed by atoms with E-state index in [2.05, 4.69) is 62.3 Å². The molecule has 1 aromatic heterocycles. The van der Waals surface area contributed by atoms with E-state index in [0.717, 1.165) is 26.0 Å². The smallest absolute Gasteiger partial charge is 0.446 e. The maximum absolute atomic E-state index is 14.5. The molecule has 4 aromatic rings. The van der Waals surface area contributed by atoms with Crippen molar-refractivity contribution >= 4 is 122 Å². The summed E-state index contributed by atoms with van der Waals surface area (Å²) >= 11 is 1.26. The minimum absolute atomic E-state index is 0.0226. The van der Waals surface area contributed by atoms with Gasteiger partial charge in [0.2, 0.25) is 70.9 Å². The number of aromatic amines is 1. The van der Waals surface area contributed by atoms with Gasteiger partial charge in [0, 0.05) is 56.1 Å². The summed E-state index contributed by atoms with van der Waals surface area (Å²) in [4.78, 5) is 197. The van der Waals surface area contributed by atoms with Crippen LogP contribution in [0.15, 0.2) is 85.1 Å². The molecule has 0 aliphatic carbocycles. The van der Waals surface area contributed by atoms with Crippen molar-refractivity contribution in [2.24, 2.45) is 11.5 Å². The predicted octanol–water partition coefficient (Wildman–Crippen LogP) is -4.42. The highest BCUT2D eigenvalue weighted by atomic mass is 32.3. The van der Waals surface area contributed by atoms with E-state index in [1.165, 1.54) is 23.9 Å². The molecular formula is C60H77N13O23S2. The number of carboxylic acid groups (broad SMARTS) is 3. The highest BCUT2D eigenvalue weighted by Gasteiger charge is 2.37. The molecule has 38 heteroatoms. The largest absolute Gasteiger partial charge is 0.481 e. The number of aliphatic hydroxyl groups is 1. The molecule has 0 bridgehead atoms. The second-order valence-electron chi connectivity index (χ2n) is 22.1. The summed E-state index contributed by atoms with van der Waals surface area (Å²) in [5, 5.41) is 62.0. The Kier molecular flexibility index (Phi) is 31.5. The van der Waals surface area contributed by atoms with Gasteiger partial charge in [-0.05, 0) is 73.1 Å². The van der Waals surface area contributed by atoms with Crippen molar-refractivity contribution in [3.05, 3.63) is 102 Å². The molecule has 12 amide bonds. The second-order valence-corrected chi connectivity index (χ2v) is 24.1. The molecule has 0 unspecified atom stereocenters. The average molecular weight is 1410 g/mol. The maximum Gasteiger partial charge on any atom is 0.446 e. The number of thioether (sulfide) groups is 1. The van der Waals surface area contributed by atoms with Gasteiger partial charge in [0.25, 0.3) is 5.97 Å². The monoisotopic (exact) mass is 1410 g/mol. The van der Waals surface area contributed by atoms with Crippen LogP contribution in [-0.2, 0) is 102 Å². The Hall–Kier alpha value is -10.7. The standard InChI is InChI=1S/C58H73N13O21S2.C2H4O2/c1-29(72)49(71-57(87)40(23-31-12-14-33(15-13-31)92-94(89,90)91)68-56(86)43(26-48(78)79)69-52(82)37(16-18-44(59)73)65-51(81)36-17-19-45(74)63-36)58(88)62-28-46(75)64-41(24-32-27-61-35-11-7-6-10-34(32)35)54(84)66-38(20-21-93-2)53(83)70-42(25-47(76)77)55(85)67-39(50(60)80)22-30-8-4-3-5-9-30;1-2(3)4/h3-15,27,29,36-43,49,61,72H,16-26,28H2,1-2H3,(H2,59,73)(H2,60,80)(H,62,88)(H,63,74)(H,64,75)(H,65,81)(H,66,84)(H,67,85)(H,68,86)(H,69,82)(H,70,83)(H,71,87)(H,76,77)(H,78,79)(H,89,90,91);1H3,(H,3,4)/t29-,36+,37+,38+,39+,40+,41+,42+,43+,49+;/m1./s1. The molecule has 1 saturated heterocycles. The number of aliphatic hydroxyl groups excluding tert-OH is 1. The molecule has 1 fully saturated rings. The van der Waals surface area contributed by atoms with Gasteiger partial charge in [0.1, 0.15) is 60.1 Å². The molecule has 10 atom stereocenters. The van der Waals surface area contributed by atoms with E-state index in [0.29, 0.717) is 22.0 Å². The Morgan fingerprint density at radius 1 is 0.622 bits per heavy atom. The molecule has 3 aromatic carbocycles. The molecule has 0 radical (unpaired) electrons. The molecule has 20 N–H and O–H groups in total. The molecule has 36 nitrogen and oxygen atoms in total. The highest BCUT2D eigenvalue weighted by Crippen LogP contribution is 2.21. The van der Waals surface area contributed by atoms with Crippen molar-refractivity contribution in [3.63, 3.8) is 0 Å². The summed E-state index contributed by atoms with van der Waals surface area (Å²) in [6.07, 6.45) is -2.72. The number of carboxylic acids is 3. The maximum atomic E-state index is 14.5. The molecule has 532 valence electrons. The van der Waals surface area contributed by atoms with Gasteiger partial charge in [-0.15, -0.1) is 0 Å². The fraction of sp³-hybridized carbons (Fsp3) is 0.417. The summed E-state index contributed by atoms with van der Waals surface area (Å²) < 4.78 is 36.4. The van der Waals surface area contributed by atoms with Crippen molar-refractivity contribution < 1.29 is 109 Å². The lowest BCUT2D eigenvalue weighted by Gasteiger charge is -2.27. The van der Waals surface area contributed by atoms with Crippen molar-refractivity contribution in [2.75, 3.05) is 18.6 Å². The number of primary amides is 2. The Morgan fingerprint density at radius 3 is 1.64 bits per heavy atom. The number of rotatable bonds is 38. The third-order valence-electron chi connectivity index (χ3n) is 14.3. The Morgan fingerprint density at radius 2 is 1.11 bits per heavy atom. The van der Waals surface area contributed by atoms with Gasteiger partial charge in [-0.1, -0.05) is 60.7 Å². The lowest BCUT2D eigenvalue weighted by atomic mass is 10.0. The Balaban J connectivity index is 0.00000496. The highest BCUT2D eigenvalue weighted by molar-refractivity contribution is 7.98. The normalized spacial score (nSPS) is 15.2. The van der Waals surface area contributed by atoms with E-state index in [4.69, 9.17) is 25.9 Å². The van der Waals surface area contributed by atoms with Crippen molar-refractivity contribution in [1.82, 2.24) is 58.2 Å². The third kappa shape index (κ3) is 27.9. The first-order valence-electron chi connectivity index (χ1n) is 29.8. The summed E-state index contributed by atoms with van der Waals surface area (Å²) in [5.41, 5.74) is 12.6. The first-order chi connectivity index (χ1) is 46.1. The molecule has 1 aliphatic rings. The van der Waals surface area contributed by atoms with E-state index in [1.54, 1.807) is 67.0 Å². The zero-order valence-corrected chi connectivity index (χ0v) is 54.5. The number of amides is 12. The number of nitrogens with one attached hydrogen (secondary N) is 11. The van der Waals surface area contributed by atoms with Gasteiger partial charge in [-0.2, -0.15) is 20.2 Å². The number of para-hydroxylation sites is 1. The van der Waals surface area contributed by atoms with Crippen LogP contribution in [0.1, 0.15) is 75.5 Å². The van der Waals surface area contributed by atoms with Gasteiger partial charge in [0.15, 0.2) is 0 Å². The van der Waals surface area contributed by atoms with Gasteiger partial charge in [0.05, 0.1) is 25.5 Å². The van der Waals surface area contributed by atoms with E-state index < -0.39 is 204 Å². The number of carbonyl (C=O) groups excluding carboxylic acids is 12. The van der Waals surface area contributed by atoms with Crippen LogP contribution in [0.4, 0.5) is 0 Å². The fourth-order valence-corrected chi connectivity index (χ4v) is 10.3. The second kappa shape index (κ2) is 38.7. The topological polar surface area (TPSA) is 589 Å². The van der Waals surface area contributed by atoms with E-state index in [-0.39, 0.29) is 43.4 Å². The van der Waals surface area contributed by atoms with E-state index in [9.17, 15) is 90.9 Å². The number of carbonyl (C=O) groups is 15. The Bertz CT molecular complexity index is 3670. The molecular weight excluding hydrogens is 1330 g/mol. The Labute approximate surface area is 563 Å². The first-order valence-corrected chi connectivity index (χ1v) is 32.6. The van der Waals surface area contributed by atoms with Crippen LogP contribution in [0.2, 0.25) is 0 Å². The van der Waals surface area contributed by atoms with Gasteiger partial charge in [-0.3, -0.25) is 76.5 Å². The van der Waals surface area contributed by atoms with Crippen LogP contribution in [0.3, 0.4) is 0 Å². The number of H-pyrrole nitrogens is 1. The zero-order chi connectivity index (χ0) is 73.0. The van der Waals surface area contributed by atoms with Crippen LogP contribution in [-0.4, -0.2) is 206 Å². The molecule has 98 heavy (non-hydrogen) atoms. The van der Waals surface area contributed by atoms with Crippen molar-refractivity contribution in [1.29, 1.82) is 0 Å². The van der Waals surface area contributed by atoms with Crippen LogP contribution in [0, 0.1) is 0 Å². The minimum Gasteiger partial charge on any atom is -0.481 e. The molecule has 1 aliphatic heterocycles. The lowest BCUT2D eigenvalue weighted by molar-refractivity contribution is -0.142. The van der Waals surface area contributed by atoms with Crippen molar-refractivity contribution in [2.45, 2.75) is 139 Å². The summed E-state index contributed by atoms with van der Waals surface area (Å²) in [5.74, 6) is -16.7. The van der Waals surface area contributed by atoms with E-state index in [1.807, 2.05) is 0 Å². The fourth-order valence-electron chi connectivity index (χ4n) is 9.50. The van der Waals surface area contributed by atoms with E-state index >= 15 is 0 Å². The number of fused-ring (bicyclic) bond motifs is 1. The third-order valence-corrected chi connectivity index (χ3v) is 15.3. The van der Waals surface area contributed by atoms with Gasteiger partial charge < -0.3 is 94.2 Å². The minimum atomic E-state index is -5.02.